The van der Waals surface area contributed by atoms with Crippen molar-refractivity contribution in [2.75, 3.05) is 19.6 Å². The van der Waals surface area contributed by atoms with Gasteiger partial charge in [0.2, 0.25) is 0 Å². The number of morpholine rings is 1. The molecule has 1 aromatic heterocycles. The number of hydrogen-bond acceptors (Lipinski definition) is 4. The molecule has 1 fully saturated rings. The molecule has 2 rings (SSSR count). The molecule has 2 heterocycles. The first-order chi connectivity index (χ1) is 10.1. The number of carbonyl (C=O) groups excluding carboxylic acids is 1. The molecule has 0 bridgehead atoms. The predicted molar refractivity (Wildman–Crippen MR) is 75.5 cm³/mol. The van der Waals surface area contributed by atoms with Gasteiger partial charge in [0.25, 0.3) is 0 Å². The summed E-state index contributed by atoms with van der Waals surface area (Å²) >= 11 is 0. The van der Waals surface area contributed by atoms with E-state index in [2.05, 4.69) is 4.98 Å². The van der Waals surface area contributed by atoms with E-state index in [0.717, 1.165) is 10.5 Å². The molecule has 1 amide bonds. The highest BCUT2D eigenvalue weighted by Crippen LogP contribution is 2.22. The fourth-order valence-corrected chi connectivity index (χ4v) is 1.80. The molecule has 1 saturated heterocycles. The van der Waals surface area contributed by atoms with E-state index in [1.807, 2.05) is 19.1 Å². The van der Waals surface area contributed by atoms with Crippen molar-refractivity contribution < 1.29 is 17.0 Å². The van der Waals surface area contributed by atoms with Crippen LogP contribution in [0.2, 0.25) is 0 Å². The third-order valence-electron chi connectivity index (χ3n) is 2.77. The normalized spacial score (nSPS) is 23.8. The number of rotatable bonds is 1. The lowest BCUT2D eigenvalue weighted by molar-refractivity contribution is -0.0447. The zero-order chi connectivity index (χ0) is 16.5. The Morgan fingerprint density at radius 1 is 1.55 bits per heavy atom. The maximum absolute atomic E-state index is 12.2. The van der Waals surface area contributed by atoms with Gasteiger partial charge in [-0.25, -0.2) is 4.79 Å². The highest BCUT2D eigenvalue weighted by atomic mass is 16.6. The van der Waals surface area contributed by atoms with Crippen LogP contribution in [-0.4, -0.2) is 41.2 Å². The standard InChI is InChI=1S/C15H22N2O3/c1-11-5-6-12(16-9-11)13-10-17(7-8-19-13)14(18)20-15(2,3)4/h5-6,9,13H,7-8,10H2,1-4H3/t13-/m0/s1/i7D2. The van der Waals surface area contributed by atoms with Gasteiger partial charge < -0.3 is 14.4 Å². The van der Waals surface area contributed by atoms with Crippen molar-refractivity contribution in [2.24, 2.45) is 0 Å². The van der Waals surface area contributed by atoms with Gasteiger partial charge in [-0.1, -0.05) is 6.07 Å². The van der Waals surface area contributed by atoms with Gasteiger partial charge in [0.05, 0.1) is 21.6 Å². The van der Waals surface area contributed by atoms with Gasteiger partial charge in [-0.2, -0.15) is 0 Å². The molecule has 1 aliphatic heterocycles. The highest BCUT2D eigenvalue weighted by molar-refractivity contribution is 5.68. The molecule has 0 radical (unpaired) electrons. The molecular weight excluding hydrogens is 256 g/mol. The zero-order valence-electron chi connectivity index (χ0n) is 14.3. The van der Waals surface area contributed by atoms with Crippen LogP contribution in [0.25, 0.3) is 0 Å². The third kappa shape index (κ3) is 3.93. The first kappa shape index (κ1) is 12.1. The summed E-state index contributed by atoms with van der Waals surface area (Å²) in [4.78, 5) is 17.6. The smallest absolute Gasteiger partial charge is 0.410 e. The molecule has 1 atom stereocenters. The van der Waals surface area contributed by atoms with Gasteiger partial charge in [0.15, 0.2) is 0 Å². The van der Waals surface area contributed by atoms with Crippen LogP contribution in [0.15, 0.2) is 18.3 Å². The lowest BCUT2D eigenvalue weighted by Gasteiger charge is -2.34. The summed E-state index contributed by atoms with van der Waals surface area (Å²) in [7, 11) is 0. The summed E-state index contributed by atoms with van der Waals surface area (Å²) in [5.74, 6) is 0. The average molecular weight is 280 g/mol. The van der Waals surface area contributed by atoms with Crippen LogP contribution in [0.5, 0.6) is 0 Å². The van der Waals surface area contributed by atoms with Crippen molar-refractivity contribution in [3.8, 4) is 0 Å². The second-order valence-electron chi connectivity index (χ2n) is 5.81. The number of ether oxygens (including phenoxy) is 2. The van der Waals surface area contributed by atoms with E-state index in [0.29, 0.717) is 5.69 Å². The number of nitrogens with zero attached hydrogens (tertiary/aromatic N) is 2. The van der Waals surface area contributed by atoms with Gasteiger partial charge in [-0.3, -0.25) is 4.98 Å². The molecule has 5 nitrogen and oxygen atoms in total. The molecule has 110 valence electrons. The maximum Gasteiger partial charge on any atom is 0.410 e. The number of amides is 1. The SMILES string of the molecule is [2H]C1([2H])CO[C@H](c2ccc(C)cn2)CN1C(=O)OC(C)(C)C. The van der Waals surface area contributed by atoms with Crippen molar-refractivity contribution in [1.29, 1.82) is 0 Å². The van der Waals surface area contributed by atoms with Gasteiger partial charge in [-0.05, 0) is 39.3 Å². The molecule has 1 aliphatic rings. The minimum absolute atomic E-state index is 0.0674. The first-order valence-electron chi connectivity index (χ1n) is 7.63. The van der Waals surface area contributed by atoms with E-state index in [-0.39, 0.29) is 13.2 Å². The molecule has 0 saturated carbocycles. The zero-order valence-corrected chi connectivity index (χ0v) is 12.3. The Kier molecular flexibility index (Phi) is 3.52. The average Bonchev–Trinajstić information content (AvgIpc) is 2.37. The summed E-state index contributed by atoms with van der Waals surface area (Å²) < 4.78 is 26.7. The van der Waals surface area contributed by atoms with Crippen molar-refractivity contribution in [3.05, 3.63) is 29.6 Å². The molecule has 0 N–H and O–H groups in total. The molecule has 1 aromatic rings. The lowest BCUT2D eigenvalue weighted by atomic mass is 10.1. The van der Waals surface area contributed by atoms with Gasteiger partial charge in [0.1, 0.15) is 11.7 Å². The van der Waals surface area contributed by atoms with Crippen LogP contribution in [0.1, 0.15) is 40.9 Å². The predicted octanol–water partition coefficient (Wildman–Crippen LogP) is 2.70. The molecule has 0 aliphatic carbocycles. The van der Waals surface area contributed by atoms with E-state index in [1.165, 1.54) is 0 Å². The molecule has 0 aromatic carbocycles. The van der Waals surface area contributed by atoms with E-state index >= 15 is 0 Å². The molecule has 0 unspecified atom stereocenters. The third-order valence-corrected chi connectivity index (χ3v) is 2.77. The Labute approximate surface area is 122 Å². The van der Waals surface area contributed by atoms with Crippen LogP contribution in [0.3, 0.4) is 0 Å². The maximum atomic E-state index is 12.2. The molecule has 5 heteroatoms. The largest absolute Gasteiger partial charge is 0.444 e. The van der Waals surface area contributed by atoms with Crippen LogP contribution in [0, 0.1) is 6.92 Å². The molecule has 0 spiro atoms. The number of aryl methyl sites for hydroxylation is 1. The van der Waals surface area contributed by atoms with E-state index in [4.69, 9.17) is 12.2 Å². The monoisotopic (exact) mass is 280 g/mol. The van der Waals surface area contributed by atoms with Crippen LogP contribution >= 0.6 is 0 Å². The van der Waals surface area contributed by atoms with Crippen molar-refractivity contribution in [3.63, 3.8) is 0 Å². The summed E-state index contributed by atoms with van der Waals surface area (Å²) in [5, 5.41) is 0. The first-order valence-corrected chi connectivity index (χ1v) is 6.63. The van der Waals surface area contributed by atoms with Crippen LogP contribution < -0.4 is 0 Å². The molecule has 20 heavy (non-hydrogen) atoms. The Hall–Kier alpha value is -1.62. The minimum atomic E-state index is -1.90. The van der Waals surface area contributed by atoms with Crippen molar-refractivity contribution in [1.82, 2.24) is 9.88 Å². The Morgan fingerprint density at radius 3 is 2.90 bits per heavy atom. The minimum Gasteiger partial charge on any atom is -0.444 e. The van der Waals surface area contributed by atoms with Crippen LogP contribution in [0.4, 0.5) is 4.79 Å². The number of pyridine rings is 1. The summed E-state index contributed by atoms with van der Waals surface area (Å²) in [6.07, 6.45) is 0.578. The van der Waals surface area contributed by atoms with E-state index in [1.54, 1.807) is 27.0 Å². The number of carbonyl (C=O) groups is 1. The fraction of sp³-hybridized carbons (Fsp3) is 0.600. The topological polar surface area (TPSA) is 51.7 Å². The van der Waals surface area contributed by atoms with Gasteiger partial charge in [0, 0.05) is 12.7 Å². The second-order valence-corrected chi connectivity index (χ2v) is 5.81. The Morgan fingerprint density at radius 2 is 2.30 bits per heavy atom. The summed E-state index contributed by atoms with van der Waals surface area (Å²) in [5.41, 5.74) is 1.02. The fourth-order valence-electron chi connectivity index (χ4n) is 1.80. The van der Waals surface area contributed by atoms with Crippen molar-refractivity contribution >= 4 is 6.09 Å². The summed E-state index contributed by atoms with van der Waals surface area (Å²) in [6.45, 7) is 5.14. The van der Waals surface area contributed by atoms with Crippen molar-refractivity contribution in [2.45, 2.75) is 39.4 Å². The van der Waals surface area contributed by atoms with Gasteiger partial charge >= 0.3 is 6.09 Å². The van der Waals surface area contributed by atoms with Gasteiger partial charge in [-0.15, -0.1) is 0 Å². The number of aromatic nitrogens is 1. The quantitative estimate of drug-likeness (QED) is 0.793. The van der Waals surface area contributed by atoms with Crippen LogP contribution in [-0.2, 0) is 9.47 Å². The molecular formula is C15H22N2O3. The summed E-state index contributed by atoms with van der Waals surface area (Å²) in [6, 6.07) is 3.74. The highest BCUT2D eigenvalue weighted by Gasteiger charge is 2.29. The van der Waals surface area contributed by atoms with E-state index < -0.39 is 24.3 Å². The second kappa shape index (κ2) is 5.79. The Balaban J connectivity index is 2.16. The van der Waals surface area contributed by atoms with E-state index in [9.17, 15) is 4.79 Å². The Bertz CT molecular complexity index is 541. The number of hydrogen-bond donors (Lipinski definition) is 0. The lowest BCUT2D eigenvalue weighted by Crippen LogP contribution is -2.44.